The Kier molecular flexibility index (Phi) is 6.02. The fourth-order valence-corrected chi connectivity index (χ4v) is 2.34. The van der Waals surface area contributed by atoms with Gasteiger partial charge in [0.15, 0.2) is 0 Å². The van der Waals surface area contributed by atoms with E-state index in [2.05, 4.69) is 5.32 Å². The van der Waals surface area contributed by atoms with Gasteiger partial charge >= 0.3 is 5.97 Å². The molecule has 1 atom stereocenters. The highest BCUT2D eigenvalue weighted by molar-refractivity contribution is 5.81. The fourth-order valence-electron chi connectivity index (χ4n) is 2.34. The zero-order valence-corrected chi connectivity index (χ0v) is 13.0. The summed E-state index contributed by atoms with van der Waals surface area (Å²) in [7, 11) is 1.64. The molecule has 0 saturated carbocycles. The van der Waals surface area contributed by atoms with Gasteiger partial charge in [0.05, 0.1) is 13.7 Å². The number of carbonyl (C=O) groups excluding carboxylic acids is 1. The molecule has 0 saturated heterocycles. The van der Waals surface area contributed by atoms with Crippen molar-refractivity contribution in [3.63, 3.8) is 0 Å². The minimum Gasteiger partial charge on any atom is -0.496 e. The third kappa shape index (κ3) is 4.23. The van der Waals surface area contributed by atoms with E-state index in [4.69, 9.17) is 9.47 Å². The van der Waals surface area contributed by atoms with Gasteiger partial charge in [-0.15, -0.1) is 0 Å². The van der Waals surface area contributed by atoms with E-state index < -0.39 is 5.54 Å². The molecule has 1 aromatic rings. The first kappa shape index (κ1) is 16.5. The van der Waals surface area contributed by atoms with Gasteiger partial charge in [0.25, 0.3) is 0 Å². The monoisotopic (exact) mass is 279 g/mol. The lowest BCUT2D eigenvalue weighted by atomic mass is 9.91. The van der Waals surface area contributed by atoms with Gasteiger partial charge in [0.1, 0.15) is 11.3 Å². The van der Waals surface area contributed by atoms with Crippen LogP contribution in [0.15, 0.2) is 24.3 Å². The zero-order chi connectivity index (χ0) is 15.2. The number of para-hydroxylation sites is 1. The smallest absolute Gasteiger partial charge is 0.326 e. The summed E-state index contributed by atoms with van der Waals surface area (Å²) in [5.74, 6) is 0.549. The van der Waals surface area contributed by atoms with E-state index >= 15 is 0 Å². The van der Waals surface area contributed by atoms with Crippen molar-refractivity contribution in [1.82, 2.24) is 5.32 Å². The van der Waals surface area contributed by atoms with E-state index in [1.165, 1.54) is 0 Å². The van der Waals surface area contributed by atoms with Crippen LogP contribution in [0.25, 0.3) is 0 Å². The highest BCUT2D eigenvalue weighted by Gasteiger charge is 2.36. The number of hydrogen-bond acceptors (Lipinski definition) is 4. The number of rotatable bonds is 7. The molecule has 0 heterocycles. The van der Waals surface area contributed by atoms with Crippen LogP contribution >= 0.6 is 0 Å². The van der Waals surface area contributed by atoms with Gasteiger partial charge in [-0.3, -0.25) is 10.1 Å². The molecule has 1 N–H and O–H groups in total. The maximum Gasteiger partial charge on any atom is 0.326 e. The number of ether oxygens (including phenoxy) is 2. The number of esters is 1. The lowest BCUT2D eigenvalue weighted by Gasteiger charge is -2.31. The molecule has 0 aromatic heterocycles. The Hall–Kier alpha value is -1.55. The molecule has 4 nitrogen and oxygen atoms in total. The van der Waals surface area contributed by atoms with E-state index in [1.54, 1.807) is 7.11 Å². The lowest BCUT2D eigenvalue weighted by molar-refractivity contribution is -0.150. The second-order valence-corrected chi connectivity index (χ2v) is 5.34. The van der Waals surface area contributed by atoms with Gasteiger partial charge < -0.3 is 9.47 Å². The minimum atomic E-state index is -0.765. The van der Waals surface area contributed by atoms with Crippen molar-refractivity contribution in [3.8, 4) is 5.75 Å². The van der Waals surface area contributed by atoms with Crippen LogP contribution in [0.5, 0.6) is 5.75 Å². The Morgan fingerprint density at radius 1 is 1.35 bits per heavy atom. The molecule has 1 rings (SSSR count). The molecule has 1 aromatic carbocycles. The number of methoxy groups -OCH3 is 1. The number of carbonyl (C=O) groups is 1. The van der Waals surface area contributed by atoms with E-state index in [0.29, 0.717) is 13.0 Å². The standard InChI is InChI=1S/C16H25NO3/c1-6-20-15(18)16(4,17-12(2)3)11-13-9-7-8-10-14(13)19-5/h7-10,12,17H,6,11H2,1-5H3. The van der Waals surface area contributed by atoms with Crippen LogP contribution in [0.3, 0.4) is 0 Å². The van der Waals surface area contributed by atoms with Crippen molar-refractivity contribution in [2.24, 2.45) is 0 Å². The molecule has 4 heteroatoms. The number of hydrogen-bond donors (Lipinski definition) is 1. The number of nitrogens with one attached hydrogen (secondary N) is 1. The van der Waals surface area contributed by atoms with Gasteiger partial charge in [-0.05, 0) is 39.3 Å². The van der Waals surface area contributed by atoms with Crippen molar-refractivity contribution in [3.05, 3.63) is 29.8 Å². The lowest BCUT2D eigenvalue weighted by Crippen LogP contribution is -2.54. The quantitative estimate of drug-likeness (QED) is 0.779. The van der Waals surface area contributed by atoms with Crippen LogP contribution in [-0.4, -0.2) is 31.3 Å². The Balaban J connectivity index is 3.02. The molecule has 0 amide bonds. The van der Waals surface area contributed by atoms with E-state index in [9.17, 15) is 4.79 Å². The van der Waals surface area contributed by atoms with E-state index in [0.717, 1.165) is 11.3 Å². The molecular weight excluding hydrogens is 254 g/mol. The summed E-state index contributed by atoms with van der Waals surface area (Å²) < 4.78 is 10.6. The summed E-state index contributed by atoms with van der Waals surface area (Å²) in [6.07, 6.45) is 0.522. The van der Waals surface area contributed by atoms with Gasteiger partial charge in [-0.25, -0.2) is 0 Å². The topological polar surface area (TPSA) is 47.6 Å². The molecule has 0 aliphatic carbocycles. The molecule has 1 unspecified atom stereocenters. The Morgan fingerprint density at radius 3 is 2.55 bits per heavy atom. The van der Waals surface area contributed by atoms with Gasteiger partial charge in [0.2, 0.25) is 0 Å². The van der Waals surface area contributed by atoms with Crippen molar-refractivity contribution in [2.45, 2.75) is 45.7 Å². The molecule has 0 bridgehead atoms. The average molecular weight is 279 g/mol. The summed E-state index contributed by atoms with van der Waals surface area (Å²) in [4.78, 5) is 12.3. The van der Waals surface area contributed by atoms with Crippen LogP contribution in [0, 0.1) is 0 Å². The largest absolute Gasteiger partial charge is 0.496 e. The summed E-state index contributed by atoms with van der Waals surface area (Å²) in [6.45, 7) is 8.09. The molecule has 0 fully saturated rings. The molecule has 112 valence electrons. The van der Waals surface area contributed by atoms with Crippen molar-refractivity contribution >= 4 is 5.97 Å². The molecule has 0 aliphatic rings. The molecule has 20 heavy (non-hydrogen) atoms. The SMILES string of the molecule is CCOC(=O)C(C)(Cc1ccccc1OC)NC(C)C. The van der Waals surface area contributed by atoms with Crippen LogP contribution < -0.4 is 10.1 Å². The fraction of sp³-hybridized carbons (Fsp3) is 0.562. The Labute approximate surface area is 121 Å². The van der Waals surface area contributed by atoms with Crippen LogP contribution in [0.1, 0.15) is 33.3 Å². The molecular formula is C16H25NO3. The predicted molar refractivity (Wildman–Crippen MR) is 80.0 cm³/mol. The van der Waals surface area contributed by atoms with E-state index in [1.807, 2.05) is 52.0 Å². The highest BCUT2D eigenvalue weighted by Crippen LogP contribution is 2.24. The predicted octanol–water partition coefficient (Wildman–Crippen LogP) is 2.56. The summed E-state index contributed by atoms with van der Waals surface area (Å²) in [5, 5.41) is 3.31. The maximum atomic E-state index is 12.3. The Morgan fingerprint density at radius 2 is 2.00 bits per heavy atom. The van der Waals surface area contributed by atoms with Crippen LogP contribution in [0.2, 0.25) is 0 Å². The van der Waals surface area contributed by atoms with Crippen molar-refractivity contribution in [1.29, 1.82) is 0 Å². The first-order valence-electron chi connectivity index (χ1n) is 6.99. The molecule has 0 radical (unpaired) electrons. The zero-order valence-electron chi connectivity index (χ0n) is 13.0. The highest BCUT2D eigenvalue weighted by atomic mass is 16.5. The van der Waals surface area contributed by atoms with Gasteiger partial charge in [-0.1, -0.05) is 18.2 Å². The second kappa shape index (κ2) is 7.29. The van der Waals surface area contributed by atoms with Crippen LogP contribution in [-0.2, 0) is 16.0 Å². The third-order valence-corrected chi connectivity index (χ3v) is 3.07. The minimum absolute atomic E-state index is 0.180. The molecule has 0 spiro atoms. The summed E-state index contributed by atoms with van der Waals surface area (Å²) >= 11 is 0. The van der Waals surface area contributed by atoms with Crippen molar-refractivity contribution in [2.75, 3.05) is 13.7 Å². The first-order chi connectivity index (χ1) is 9.42. The number of benzene rings is 1. The summed E-state index contributed by atoms with van der Waals surface area (Å²) in [6, 6.07) is 7.91. The van der Waals surface area contributed by atoms with Crippen LogP contribution in [0.4, 0.5) is 0 Å². The maximum absolute atomic E-state index is 12.3. The third-order valence-electron chi connectivity index (χ3n) is 3.07. The van der Waals surface area contributed by atoms with Crippen molar-refractivity contribution < 1.29 is 14.3 Å². The second-order valence-electron chi connectivity index (χ2n) is 5.34. The van der Waals surface area contributed by atoms with Gasteiger partial charge in [0, 0.05) is 12.5 Å². The average Bonchev–Trinajstić information content (AvgIpc) is 2.38. The first-order valence-corrected chi connectivity index (χ1v) is 6.99. The van der Waals surface area contributed by atoms with E-state index in [-0.39, 0.29) is 12.0 Å². The Bertz CT molecular complexity index is 445. The van der Waals surface area contributed by atoms with Gasteiger partial charge in [-0.2, -0.15) is 0 Å². The summed E-state index contributed by atoms with van der Waals surface area (Å²) in [5.41, 5.74) is 0.220. The molecule has 0 aliphatic heterocycles. The normalized spacial score (nSPS) is 13.9.